The molecule has 1 aliphatic rings. The van der Waals surface area contributed by atoms with Crippen molar-refractivity contribution in [2.45, 2.75) is 45.1 Å². The Kier molecular flexibility index (Phi) is 5.64. The van der Waals surface area contributed by atoms with Gasteiger partial charge in [-0.3, -0.25) is 14.4 Å². The molecule has 9 nitrogen and oxygen atoms in total. The Balaban J connectivity index is 2.97. The minimum Gasteiger partial charge on any atom is -0.463 e. The minimum atomic E-state index is -2.12. The van der Waals surface area contributed by atoms with E-state index in [-0.39, 0.29) is 6.61 Å². The Labute approximate surface area is 121 Å². The second-order valence-electron chi connectivity index (χ2n) is 4.39. The molecule has 120 valence electrons. The highest BCUT2D eigenvalue weighted by Gasteiger charge is 2.61. The molecule has 21 heavy (non-hydrogen) atoms. The molecule has 0 unspecified atom stereocenters. The summed E-state index contributed by atoms with van der Waals surface area (Å²) in [4.78, 5) is 33.0. The first-order valence-corrected chi connectivity index (χ1v) is 6.11. The predicted molar refractivity (Wildman–Crippen MR) is 64.6 cm³/mol. The van der Waals surface area contributed by atoms with Crippen molar-refractivity contribution in [1.82, 2.24) is 0 Å². The van der Waals surface area contributed by atoms with Crippen LogP contribution in [0.5, 0.6) is 0 Å². The van der Waals surface area contributed by atoms with Gasteiger partial charge in [0.1, 0.15) is 6.61 Å². The Morgan fingerprint density at radius 3 is 2.10 bits per heavy atom. The first-order valence-electron chi connectivity index (χ1n) is 6.11. The van der Waals surface area contributed by atoms with Crippen molar-refractivity contribution in [2.24, 2.45) is 0 Å². The largest absolute Gasteiger partial charge is 0.463 e. The quantitative estimate of drug-likeness (QED) is 0.392. The van der Waals surface area contributed by atoms with Crippen LogP contribution in [0.2, 0.25) is 0 Å². The number of ether oxygens (including phenoxy) is 5. The SMILES string of the molecule is CO[C@]1(O)[C@@H](COC(C)=O)O[C@H](OC(C)=O)[C@@H]1OC(C)=O. The lowest BCUT2D eigenvalue weighted by molar-refractivity contribution is -0.259. The van der Waals surface area contributed by atoms with E-state index in [0.717, 1.165) is 21.0 Å². The molecule has 1 N–H and O–H groups in total. The van der Waals surface area contributed by atoms with Gasteiger partial charge in [-0.1, -0.05) is 0 Å². The first kappa shape index (κ1) is 17.3. The lowest BCUT2D eigenvalue weighted by Crippen LogP contribution is -2.53. The molecular weight excluding hydrogens is 288 g/mol. The van der Waals surface area contributed by atoms with E-state index in [4.69, 9.17) is 23.7 Å². The Morgan fingerprint density at radius 2 is 1.67 bits per heavy atom. The molecule has 1 aliphatic heterocycles. The van der Waals surface area contributed by atoms with Gasteiger partial charge in [-0.2, -0.15) is 0 Å². The standard InChI is InChI=1S/C12H18O9/c1-6(13)18-5-9-12(16,17-4)10(19-7(2)14)11(21-9)20-8(3)15/h9-11,16H,5H2,1-4H3/t9-,10+,11+,12-/m1/s1. The fourth-order valence-corrected chi connectivity index (χ4v) is 1.88. The molecule has 1 saturated heterocycles. The van der Waals surface area contributed by atoms with Crippen LogP contribution in [0.25, 0.3) is 0 Å². The summed E-state index contributed by atoms with van der Waals surface area (Å²) in [7, 11) is 1.15. The van der Waals surface area contributed by atoms with Crippen LogP contribution in [0.4, 0.5) is 0 Å². The summed E-state index contributed by atoms with van der Waals surface area (Å²) in [5.41, 5.74) is 0. The van der Waals surface area contributed by atoms with Crippen molar-refractivity contribution in [3.05, 3.63) is 0 Å². The monoisotopic (exact) mass is 306 g/mol. The van der Waals surface area contributed by atoms with E-state index < -0.39 is 42.2 Å². The molecule has 9 heteroatoms. The molecule has 0 aromatic rings. The molecular formula is C12H18O9. The highest BCUT2D eigenvalue weighted by Crippen LogP contribution is 2.35. The predicted octanol–water partition coefficient (Wildman–Crippen LogP) is -0.896. The summed E-state index contributed by atoms with van der Waals surface area (Å²) >= 11 is 0. The van der Waals surface area contributed by atoms with Crippen LogP contribution in [-0.4, -0.2) is 61.0 Å². The molecule has 0 saturated carbocycles. The highest BCUT2D eigenvalue weighted by molar-refractivity contribution is 5.67. The van der Waals surface area contributed by atoms with Gasteiger partial charge in [0, 0.05) is 27.9 Å². The summed E-state index contributed by atoms with van der Waals surface area (Å²) in [5.74, 6) is -4.16. The van der Waals surface area contributed by atoms with E-state index in [9.17, 15) is 19.5 Å². The molecule has 0 aromatic carbocycles. The summed E-state index contributed by atoms with van der Waals surface area (Å²) < 4.78 is 24.7. The van der Waals surface area contributed by atoms with Crippen molar-refractivity contribution >= 4 is 17.9 Å². The van der Waals surface area contributed by atoms with E-state index >= 15 is 0 Å². The number of carbonyl (C=O) groups excluding carboxylic acids is 3. The fraction of sp³-hybridized carbons (Fsp3) is 0.750. The van der Waals surface area contributed by atoms with Crippen LogP contribution in [0.1, 0.15) is 20.8 Å². The van der Waals surface area contributed by atoms with Crippen molar-refractivity contribution in [3.8, 4) is 0 Å². The second kappa shape index (κ2) is 6.83. The van der Waals surface area contributed by atoms with E-state index in [0.29, 0.717) is 0 Å². The molecule has 0 amide bonds. The van der Waals surface area contributed by atoms with Gasteiger partial charge in [0.2, 0.25) is 18.2 Å². The number of hydrogen-bond acceptors (Lipinski definition) is 9. The maximum absolute atomic E-state index is 11.1. The van der Waals surface area contributed by atoms with Gasteiger partial charge in [0.15, 0.2) is 6.10 Å². The fourth-order valence-electron chi connectivity index (χ4n) is 1.88. The third kappa shape index (κ3) is 4.13. The van der Waals surface area contributed by atoms with Gasteiger partial charge < -0.3 is 28.8 Å². The molecule has 4 atom stereocenters. The second-order valence-corrected chi connectivity index (χ2v) is 4.39. The molecule has 0 aromatic heterocycles. The van der Waals surface area contributed by atoms with Crippen molar-refractivity contribution in [2.75, 3.05) is 13.7 Å². The van der Waals surface area contributed by atoms with Crippen molar-refractivity contribution < 1.29 is 43.2 Å². The highest BCUT2D eigenvalue weighted by atomic mass is 16.8. The van der Waals surface area contributed by atoms with E-state index in [1.807, 2.05) is 0 Å². The number of aliphatic hydroxyl groups is 1. The van der Waals surface area contributed by atoms with Crippen LogP contribution in [0.15, 0.2) is 0 Å². The third-order valence-corrected chi connectivity index (χ3v) is 2.75. The molecule has 0 aliphatic carbocycles. The van der Waals surface area contributed by atoms with Gasteiger partial charge in [-0.25, -0.2) is 0 Å². The van der Waals surface area contributed by atoms with Crippen LogP contribution in [-0.2, 0) is 38.1 Å². The van der Waals surface area contributed by atoms with Crippen LogP contribution in [0, 0.1) is 0 Å². The lowest BCUT2D eigenvalue weighted by atomic mass is 10.1. The molecule has 1 fully saturated rings. The normalized spacial score (nSPS) is 31.6. The smallest absolute Gasteiger partial charge is 0.305 e. The van der Waals surface area contributed by atoms with Crippen LogP contribution < -0.4 is 0 Å². The maximum Gasteiger partial charge on any atom is 0.305 e. The number of methoxy groups -OCH3 is 1. The Bertz CT molecular complexity index is 421. The minimum absolute atomic E-state index is 0.366. The number of rotatable bonds is 5. The molecule has 1 rings (SSSR count). The lowest BCUT2D eigenvalue weighted by Gasteiger charge is -2.30. The van der Waals surface area contributed by atoms with Gasteiger partial charge >= 0.3 is 17.9 Å². The summed E-state index contributed by atoms with van der Waals surface area (Å²) in [6, 6.07) is 0. The average molecular weight is 306 g/mol. The van der Waals surface area contributed by atoms with E-state index in [1.54, 1.807) is 0 Å². The van der Waals surface area contributed by atoms with Gasteiger partial charge in [0.25, 0.3) is 0 Å². The van der Waals surface area contributed by atoms with Gasteiger partial charge in [-0.05, 0) is 0 Å². The number of hydrogen-bond donors (Lipinski definition) is 1. The van der Waals surface area contributed by atoms with Crippen molar-refractivity contribution in [3.63, 3.8) is 0 Å². The maximum atomic E-state index is 11.1. The van der Waals surface area contributed by atoms with Crippen molar-refractivity contribution in [1.29, 1.82) is 0 Å². The summed E-state index contributed by atoms with van der Waals surface area (Å²) in [5, 5.41) is 10.5. The average Bonchev–Trinajstić information content (AvgIpc) is 2.61. The zero-order chi connectivity index (χ0) is 16.2. The Hall–Kier alpha value is -1.71. The van der Waals surface area contributed by atoms with E-state index in [1.165, 1.54) is 6.92 Å². The Morgan fingerprint density at radius 1 is 1.10 bits per heavy atom. The topological polar surface area (TPSA) is 118 Å². The zero-order valence-corrected chi connectivity index (χ0v) is 12.2. The molecule has 0 radical (unpaired) electrons. The van der Waals surface area contributed by atoms with E-state index in [2.05, 4.69) is 0 Å². The number of esters is 3. The van der Waals surface area contributed by atoms with Crippen LogP contribution >= 0.6 is 0 Å². The molecule has 0 spiro atoms. The number of carbonyl (C=O) groups is 3. The van der Waals surface area contributed by atoms with Gasteiger partial charge in [-0.15, -0.1) is 0 Å². The molecule has 1 heterocycles. The summed E-state index contributed by atoms with van der Waals surface area (Å²) in [6.45, 7) is 3.04. The first-order chi connectivity index (χ1) is 9.70. The van der Waals surface area contributed by atoms with Gasteiger partial charge in [0.05, 0.1) is 0 Å². The zero-order valence-electron chi connectivity index (χ0n) is 12.2. The molecule has 0 bridgehead atoms. The summed E-state index contributed by atoms with van der Waals surface area (Å²) in [6.07, 6.45) is -3.98. The van der Waals surface area contributed by atoms with Crippen LogP contribution in [0.3, 0.4) is 0 Å². The third-order valence-electron chi connectivity index (χ3n) is 2.75.